The third-order valence-electron chi connectivity index (χ3n) is 2.07. The minimum atomic E-state index is -0.484. The third-order valence-corrected chi connectivity index (χ3v) is 2.67. The second-order valence-corrected chi connectivity index (χ2v) is 3.69. The average Bonchev–Trinajstić information content (AvgIpc) is 2.36. The van der Waals surface area contributed by atoms with Crippen LogP contribution in [0.25, 0.3) is 0 Å². The smallest absolute Gasteiger partial charge is 0.361 e. The van der Waals surface area contributed by atoms with E-state index in [1.54, 1.807) is 6.92 Å². The number of esters is 1. The number of hydrogen-bond acceptors (Lipinski definition) is 4. The number of halogens is 1. The molecule has 0 aromatic heterocycles. The van der Waals surface area contributed by atoms with Gasteiger partial charge in [0, 0.05) is 10.9 Å². The summed E-state index contributed by atoms with van der Waals surface area (Å²) in [6.07, 6.45) is 0. The molecule has 0 saturated heterocycles. The highest BCUT2D eigenvalue weighted by Crippen LogP contribution is 2.14. The number of carbonyl (C=O) groups excluding carboxylic acids is 1. The van der Waals surface area contributed by atoms with Crippen LogP contribution in [0.1, 0.15) is 18.1 Å². The minimum absolute atomic E-state index is 0.185. The fraction of sp³-hybridized carbons (Fsp3) is 0.333. The van der Waals surface area contributed by atoms with Crippen molar-refractivity contribution in [3.63, 3.8) is 0 Å². The Labute approximate surface area is 109 Å². The molecule has 0 saturated carbocycles. The first-order valence-corrected chi connectivity index (χ1v) is 6.29. The molecule has 0 amide bonds. The van der Waals surface area contributed by atoms with Gasteiger partial charge in [0.15, 0.2) is 5.71 Å². The predicted octanol–water partition coefficient (Wildman–Crippen LogP) is 2.50. The number of oxime groups is 1. The average molecular weight is 300 g/mol. The van der Waals surface area contributed by atoms with Gasteiger partial charge in [0.1, 0.15) is 7.11 Å². The third kappa shape index (κ3) is 3.56. The molecule has 5 heteroatoms. The van der Waals surface area contributed by atoms with Crippen LogP contribution in [0.2, 0.25) is 0 Å². The number of hydrogen-bond donors (Lipinski definition) is 0. The summed E-state index contributed by atoms with van der Waals surface area (Å²) in [6.45, 7) is 2.05. The van der Waals surface area contributed by atoms with Gasteiger partial charge in [-0.3, -0.25) is 0 Å². The van der Waals surface area contributed by atoms with Crippen molar-refractivity contribution < 1.29 is 14.4 Å². The molecule has 17 heavy (non-hydrogen) atoms. The van der Waals surface area contributed by atoms with Crippen molar-refractivity contribution in [2.24, 2.45) is 5.16 Å². The van der Waals surface area contributed by atoms with Gasteiger partial charge >= 0.3 is 5.97 Å². The molecule has 0 aliphatic heterocycles. The largest absolute Gasteiger partial charge is 0.461 e. The number of benzene rings is 1. The van der Waals surface area contributed by atoms with Crippen molar-refractivity contribution in [2.45, 2.75) is 12.3 Å². The van der Waals surface area contributed by atoms with Crippen molar-refractivity contribution >= 4 is 27.6 Å². The van der Waals surface area contributed by atoms with Crippen molar-refractivity contribution in [2.75, 3.05) is 13.7 Å². The van der Waals surface area contributed by atoms with Crippen LogP contribution in [0, 0.1) is 0 Å². The van der Waals surface area contributed by atoms with Crippen LogP contribution < -0.4 is 0 Å². The molecular weight excluding hydrogens is 286 g/mol. The zero-order valence-corrected chi connectivity index (χ0v) is 11.4. The first-order valence-electron chi connectivity index (χ1n) is 5.17. The molecule has 1 rings (SSSR count). The number of carbonyl (C=O) groups is 1. The Morgan fingerprint density at radius 2 is 2.12 bits per heavy atom. The lowest BCUT2D eigenvalue weighted by molar-refractivity contribution is -0.135. The maximum atomic E-state index is 11.8. The summed E-state index contributed by atoms with van der Waals surface area (Å²) in [7, 11) is 1.40. The zero-order valence-electron chi connectivity index (χ0n) is 9.77. The van der Waals surface area contributed by atoms with Crippen molar-refractivity contribution in [3.8, 4) is 0 Å². The Balaban J connectivity index is 3.14. The maximum Gasteiger partial charge on any atom is 0.361 e. The van der Waals surface area contributed by atoms with E-state index in [1.807, 2.05) is 24.3 Å². The highest BCUT2D eigenvalue weighted by molar-refractivity contribution is 9.08. The molecule has 0 atom stereocenters. The van der Waals surface area contributed by atoms with E-state index in [0.29, 0.717) is 17.5 Å². The van der Waals surface area contributed by atoms with Crippen LogP contribution in [0.5, 0.6) is 0 Å². The van der Waals surface area contributed by atoms with Gasteiger partial charge in [0.05, 0.1) is 6.61 Å². The number of nitrogens with zero attached hydrogens (tertiary/aromatic N) is 1. The van der Waals surface area contributed by atoms with Gasteiger partial charge < -0.3 is 9.57 Å². The molecule has 1 aromatic rings. The molecule has 0 aliphatic carbocycles. The Morgan fingerprint density at radius 3 is 2.71 bits per heavy atom. The van der Waals surface area contributed by atoms with Crippen LogP contribution in [0.3, 0.4) is 0 Å². The summed E-state index contributed by atoms with van der Waals surface area (Å²) in [5, 5.41) is 4.37. The summed E-state index contributed by atoms with van der Waals surface area (Å²) >= 11 is 3.37. The minimum Gasteiger partial charge on any atom is -0.461 e. The SMILES string of the molecule is CCOC(=O)/C(=N/OC)c1ccccc1CBr. The molecule has 0 bridgehead atoms. The van der Waals surface area contributed by atoms with Gasteiger partial charge in [-0.25, -0.2) is 4.79 Å². The van der Waals surface area contributed by atoms with E-state index in [-0.39, 0.29) is 5.71 Å². The second-order valence-electron chi connectivity index (χ2n) is 3.13. The van der Waals surface area contributed by atoms with Gasteiger partial charge in [-0.05, 0) is 12.5 Å². The maximum absolute atomic E-state index is 11.8. The number of rotatable bonds is 5. The Kier molecular flexibility index (Phi) is 5.69. The summed E-state index contributed by atoms with van der Waals surface area (Å²) in [6, 6.07) is 7.46. The first-order chi connectivity index (χ1) is 8.24. The molecular formula is C12H14BrNO3. The van der Waals surface area contributed by atoms with Crippen LogP contribution in [-0.4, -0.2) is 25.4 Å². The topological polar surface area (TPSA) is 47.9 Å². The summed E-state index contributed by atoms with van der Waals surface area (Å²) < 4.78 is 4.95. The van der Waals surface area contributed by atoms with E-state index in [1.165, 1.54) is 7.11 Å². The fourth-order valence-corrected chi connectivity index (χ4v) is 1.84. The van der Waals surface area contributed by atoms with Crippen LogP contribution in [-0.2, 0) is 19.7 Å². The zero-order chi connectivity index (χ0) is 12.7. The molecule has 0 radical (unpaired) electrons. The van der Waals surface area contributed by atoms with Crippen molar-refractivity contribution in [1.82, 2.24) is 0 Å². The molecule has 92 valence electrons. The van der Waals surface area contributed by atoms with E-state index >= 15 is 0 Å². The second kappa shape index (κ2) is 7.06. The van der Waals surface area contributed by atoms with Gasteiger partial charge in [-0.2, -0.15) is 0 Å². The Morgan fingerprint density at radius 1 is 1.41 bits per heavy atom. The van der Waals surface area contributed by atoms with Crippen molar-refractivity contribution in [3.05, 3.63) is 35.4 Å². The molecule has 0 fully saturated rings. The number of alkyl halides is 1. The fourth-order valence-electron chi connectivity index (χ4n) is 1.35. The lowest BCUT2D eigenvalue weighted by Crippen LogP contribution is -2.20. The monoisotopic (exact) mass is 299 g/mol. The van der Waals surface area contributed by atoms with E-state index in [9.17, 15) is 4.79 Å². The van der Waals surface area contributed by atoms with Crippen LogP contribution in [0.4, 0.5) is 0 Å². The predicted molar refractivity (Wildman–Crippen MR) is 69.3 cm³/mol. The molecule has 0 aliphatic rings. The van der Waals surface area contributed by atoms with E-state index in [4.69, 9.17) is 9.57 Å². The Bertz CT molecular complexity index is 418. The molecule has 0 N–H and O–H groups in total. The van der Waals surface area contributed by atoms with E-state index < -0.39 is 5.97 Å². The first kappa shape index (κ1) is 13.7. The molecule has 1 aromatic carbocycles. The Hall–Kier alpha value is -1.36. The summed E-state index contributed by atoms with van der Waals surface area (Å²) in [5.74, 6) is -0.484. The quantitative estimate of drug-likeness (QED) is 0.363. The van der Waals surface area contributed by atoms with E-state index in [2.05, 4.69) is 21.1 Å². The summed E-state index contributed by atoms with van der Waals surface area (Å²) in [5.41, 5.74) is 1.85. The van der Waals surface area contributed by atoms with Gasteiger partial charge in [0.25, 0.3) is 0 Å². The van der Waals surface area contributed by atoms with Crippen molar-refractivity contribution in [1.29, 1.82) is 0 Å². The lowest BCUT2D eigenvalue weighted by Gasteiger charge is -2.08. The molecule has 0 spiro atoms. The molecule has 0 unspecified atom stereocenters. The molecule has 4 nitrogen and oxygen atoms in total. The summed E-state index contributed by atoms with van der Waals surface area (Å²) in [4.78, 5) is 16.5. The normalized spacial score (nSPS) is 11.1. The van der Waals surface area contributed by atoms with Gasteiger partial charge in [0.2, 0.25) is 0 Å². The highest BCUT2D eigenvalue weighted by Gasteiger charge is 2.18. The number of ether oxygens (including phenoxy) is 1. The van der Waals surface area contributed by atoms with Crippen LogP contribution in [0.15, 0.2) is 29.4 Å². The van der Waals surface area contributed by atoms with Gasteiger partial charge in [-0.15, -0.1) is 0 Å². The van der Waals surface area contributed by atoms with E-state index in [0.717, 1.165) is 5.56 Å². The standard InChI is InChI=1S/C12H14BrNO3/c1-3-17-12(15)11(14-16-2)10-7-5-4-6-9(10)8-13/h4-7H,3,8H2,1-2H3/b14-11+. The molecule has 0 heterocycles. The van der Waals surface area contributed by atoms with Gasteiger partial charge in [-0.1, -0.05) is 45.4 Å². The highest BCUT2D eigenvalue weighted by atomic mass is 79.9. The van der Waals surface area contributed by atoms with Crippen LogP contribution >= 0.6 is 15.9 Å². The lowest BCUT2D eigenvalue weighted by atomic mass is 10.0.